The van der Waals surface area contributed by atoms with Crippen LogP contribution in [-0.2, 0) is 23.9 Å². The van der Waals surface area contributed by atoms with Crippen molar-refractivity contribution in [3.05, 3.63) is 62.4 Å². The molecular weight excluding hydrogens is 534 g/mol. The number of hydrogen-bond acceptors (Lipinski definition) is 8. The van der Waals surface area contributed by atoms with Crippen LogP contribution in [0.4, 0.5) is 23.2 Å². The number of benzene rings is 1. The lowest BCUT2D eigenvalue weighted by molar-refractivity contribution is -0.138. The van der Waals surface area contributed by atoms with E-state index in [1.54, 1.807) is 4.90 Å². The molecule has 3 aromatic rings. The summed E-state index contributed by atoms with van der Waals surface area (Å²) >= 11 is 6.46. The van der Waals surface area contributed by atoms with Crippen molar-refractivity contribution in [1.82, 2.24) is 19.7 Å². The van der Waals surface area contributed by atoms with Gasteiger partial charge in [0, 0.05) is 18.7 Å². The van der Waals surface area contributed by atoms with E-state index in [0.717, 1.165) is 25.0 Å². The first kappa shape index (κ1) is 26.2. The fourth-order valence-electron chi connectivity index (χ4n) is 4.45. The van der Waals surface area contributed by atoms with Gasteiger partial charge in [0.25, 0.3) is 5.56 Å². The van der Waals surface area contributed by atoms with E-state index in [0.29, 0.717) is 42.6 Å². The molecule has 0 saturated carbocycles. The Hall–Kier alpha value is -3.45. The van der Waals surface area contributed by atoms with Crippen molar-refractivity contribution >= 4 is 17.3 Å². The molecule has 2 aromatic heterocycles. The van der Waals surface area contributed by atoms with Crippen molar-refractivity contribution in [2.75, 3.05) is 25.2 Å². The predicted octanol–water partition coefficient (Wildman–Crippen LogP) is 4.91. The van der Waals surface area contributed by atoms with E-state index in [1.165, 1.54) is 18.0 Å². The zero-order valence-electron chi connectivity index (χ0n) is 20.1. The topological polar surface area (TPSA) is 91.6 Å². The van der Waals surface area contributed by atoms with Gasteiger partial charge in [-0.25, -0.2) is 4.39 Å². The monoisotopic (exact) mass is 555 g/mol. The number of fused-ring (bicyclic) bond motifs is 1. The lowest BCUT2D eigenvalue weighted by Crippen LogP contribution is -2.36. The number of aromatic nitrogens is 4. The van der Waals surface area contributed by atoms with Gasteiger partial charge in [0.05, 0.1) is 31.2 Å². The van der Waals surface area contributed by atoms with E-state index in [2.05, 4.69) is 15.1 Å². The Bertz CT molecular complexity index is 1410. The first-order valence-corrected chi connectivity index (χ1v) is 12.2. The minimum atomic E-state index is -4.85. The second-order valence-electron chi connectivity index (χ2n) is 8.77. The number of halogens is 5. The van der Waals surface area contributed by atoms with Gasteiger partial charge < -0.3 is 19.1 Å². The van der Waals surface area contributed by atoms with E-state index in [9.17, 15) is 22.4 Å². The number of methoxy groups -OCH3 is 1. The molecule has 2 aliphatic heterocycles. The smallest absolute Gasteiger partial charge is 0.420 e. The Labute approximate surface area is 218 Å². The Balaban J connectivity index is 1.46. The molecule has 2 aliphatic rings. The van der Waals surface area contributed by atoms with E-state index in [4.69, 9.17) is 25.8 Å². The maximum Gasteiger partial charge on any atom is 0.420 e. The molecule has 0 spiro atoms. The summed E-state index contributed by atoms with van der Waals surface area (Å²) in [7, 11) is 1.30. The molecule has 1 unspecified atom stereocenters. The third kappa shape index (κ3) is 5.12. The van der Waals surface area contributed by atoms with E-state index in [1.807, 2.05) is 0 Å². The second-order valence-corrected chi connectivity index (χ2v) is 9.15. The normalized spacial score (nSPS) is 17.7. The third-order valence-corrected chi connectivity index (χ3v) is 6.69. The average Bonchev–Trinajstić information content (AvgIpc) is 2.90. The number of rotatable bonds is 5. The standard InChI is InChI=1S/C24H22ClF4N5O4/c1-36-23-31-16-12-33(17-11-30-34(22(35)20(17)25)19-4-2-3-9-37-19)8-7-14(16)21(32-23)38-18-6-5-13(26)10-15(18)24(27,28)29/h5-6,10-11,19H,2-4,7-9,12H2,1H3. The molecule has 0 amide bonds. The molecule has 1 aromatic carbocycles. The summed E-state index contributed by atoms with van der Waals surface area (Å²) in [6, 6.07) is 1.99. The highest BCUT2D eigenvalue weighted by molar-refractivity contribution is 6.33. The molecule has 0 bridgehead atoms. The first-order valence-electron chi connectivity index (χ1n) is 11.8. The summed E-state index contributed by atoms with van der Waals surface area (Å²) in [5, 5.41) is 4.24. The zero-order chi connectivity index (χ0) is 27.0. The van der Waals surface area contributed by atoms with Crippen LogP contribution in [0.25, 0.3) is 0 Å². The molecule has 9 nitrogen and oxygen atoms in total. The van der Waals surface area contributed by atoms with Gasteiger partial charge in [-0.05, 0) is 43.9 Å². The summed E-state index contributed by atoms with van der Waals surface area (Å²) in [6.07, 6.45) is -1.11. The van der Waals surface area contributed by atoms with E-state index in [-0.39, 0.29) is 29.9 Å². The van der Waals surface area contributed by atoms with Crippen molar-refractivity contribution in [1.29, 1.82) is 0 Å². The number of alkyl halides is 3. The minimum absolute atomic E-state index is 0.0313. The SMILES string of the molecule is COc1nc2c(c(Oc3ccc(F)cc3C(F)(F)F)n1)CCN(c1cnn(C3CCCCO3)c(=O)c1Cl)C2. The Kier molecular flexibility index (Phi) is 7.14. The van der Waals surface area contributed by atoms with Gasteiger partial charge in [-0.15, -0.1) is 0 Å². The maximum absolute atomic E-state index is 13.6. The molecule has 4 heterocycles. The molecule has 202 valence electrons. The van der Waals surface area contributed by atoms with Crippen molar-refractivity contribution in [2.45, 2.75) is 44.6 Å². The number of hydrogen-bond donors (Lipinski definition) is 0. The summed E-state index contributed by atoms with van der Waals surface area (Å²) in [5.41, 5.74) is -0.520. The van der Waals surface area contributed by atoms with Crippen LogP contribution in [0.2, 0.25) is 5.02 Å². The van der Waals surface area contributed by atoms with Crippen LogP contribution >= 0.6 is 11.6 Å². The van der Waals surface area contributed by atoms with Crippen LogP contribution in [-0.4, -0.2) is 40.0 Å². The number of nitrogens with zero attached hydrogens (tertiary/aromatic N) is 5. The average molecular weight is 556 g/mol. The van der Waals surface area contributed by atoms with E-state index >= 15 is 0 Å². The molecule has 14 heteroatoms. The van der Waals surface area contributed by atoms with Gasteiger partial charge in [0.1, 0.15) is 22.2 Å². The summed E-state index contributed by atoms with van der Waals surface area (Å²) < 4.78 is 71.6. The quantitative estimate of drug-likeness (QED) is 0.410. The molecule has 1 saturated heterocycles. The molecular formula is C24H22ClF4N5O4. The first-order chi connectivity index (χ1) is 18.2. The summed E-state index contributed by atoms with van der Waals surface area (Å²) in [5.74, 6) is -1.80. The second kappa shape index (κ2) is 10.4. The fraction of sp³-hybridized carbons (Fsp3) is 0.417. The van der Waals surface area contributed by atoms with Crippen molar-refractivity contribution in [3.8, 4) is 17.6 Å². The molecule has 1 atom stereocenters. The fourth-order valence-corrected chi connectivity index (χ4v) is 4.71. The Morgan fingerprint density at radius 2 is 2.03 bits per heavy atom. The van der Waals surface area contributed by atoms with Crippen LogP contribution in [0.15, 0.2) is 29.2 Å². The largest absolute Gasteiger partial charge is 0.467 e. The molecule has 0 N–H and O–H groups in total. The predicted molar refractivity (Wildman–Crippen MR) is 127 cm³/mol. The molecule has 1 fully saturated rings. The van der Waals surface area contributed by atoms with Crippen LogP contribution < -0.4 is 19.9 Å². The van der Waals surface area contributed by atoms with E-state index < -0.39 is 35.1 Å². The van der Waals surface area contributed by atoms with Crippen molar-refractivity contribution in [2.24, 2.45) is 0 Å². The Morgan fingerprint density at radius 3 is 2.74 bits per heavy atom. The summed E-state index contributed by atoms with van der Waals surface area (Å²) in [6.45, 7) is 0.986. The van der Waals surface area contributed by atoms with Crippen LogP contribution in [0.5, 0.6) is 17.6 Å². The zero-order valence-corrected chi connectivity index (χ0v) is 20.9. The van der Waals surface area contributed by atoms with Gasteiger partial charge in [-0.1, -0.05) is 11.6 Å². The minimum Gasteiger partial charge on any atom is -0.467 e. The van der Waals surface area contributed by atoms with Crippen molar-refractivity contribution in [3.63, 3.8) is 0 Å². The molecule has 38 heavy (non-hydrogen) atoms. The van der Waals surface area contributed by atoms with Gasteiger partial charge in [0.15, 0.2) is 6.23 Å². The molecule has 0 aliphatic carbocycles. The van der Waals surface area contributed by atoms with Crippen molar-refractivity contribution < 1.29 is 31.8 Å². The van der Waals surface area contributed by atoms with Gasteiger partial charge >= 0.3 is 12.2 Å². The highest BCUT2D eigenvalue weighted by Crippen LogP contribution is 2.40. The highest BCUT2D eigenvalue weighted by Gasteiger charge is 2.36. The highest BCUT2D eigenvalue weighted by atomic mass is 35.5. The van der Waals surface area contributed by atoms with Crippen LogP contribution in [0, 0.1) is 5.82 Å². The third-order valence-electron chi connectivity index (χ3n) is 6.34. The van der Waals surface area contributed by atoms with Crippen LogP contribution in [0.3, 0.4) is 0 Å². The number of anilines is 1. The lowest BCUT2D eigenvalue weighted by atomic mass is 10.1. The molecule has 0 radical (unpaired) electrons. The molecule has 5 rings (SSSR count). The van der Waals surface area contributed by atoms with Gasteiger partial charge in [-0.2, -0.15) is 32.9 Å². The lowest BCUT2D eigenvalue weighted by Gasteiger charge is -2.31. The Morgan fingerprint density at radius 1 is 1.21 bits per heavy atom. The van der Waals surface area contributed by atoms with Crippen LogP contribution in [0.1, 0.15) is 42.3 Å². The van der Waals surface area contributed by atoms with Gasteiger partial charge in [-0.3, -0.25) is 4.79 Å². The number of ether oxygens (including phenoxy) is 3. The summed E-state index contributed by atoms with van der Waals surface area (Å²) in [4.78, 5) is 23.2. The van der Waals surface area contributed by atoms with Gasteiger partial charge in [0.2, 0.25) is 5.88 Å². The maximum atomic E-state index is 13.6.